The predicted octanol–water partition coefficient (Wildman–Crippen LogP) is 0.977. The number of imidazole rings is 1. The number of hydrogen-bond acceptors (Lipinski definition) is 3. The fraction of sp³-hybridized carbons (Fsp3) is 0.111. The molecule has 0 saturated heterocycles. The van der Waals surface area contributed by atoms with Crippen LogP contribution in [0.3, 0.4) is 0 Å². The average molecular weight is 192 g/mol. The van der Waals surface area contributed by atoms with Gasteiger partial charge in [-0.15, -0.1) is 0 Å². The maximum atomic E-state index is 10.7. The Kier molecular flexibility index (Phi) is 1.67. The van der Waals surface area contributed by atoms with E-state index in [0.717, 1.165) is 0 Å². The number of aromatic carboxylic acids is 1. The SMILES string of the molecule is Cn1c(C(=O)O)nc2ccc(O)cc21. The van der Waals surface area contributed by atoms with Gasteiger partial charge < -0.3 is 14.8 Å². The first kappa shape index (κ1) is 8.55. The highest BCUT2D eigenvalue weighted by atomic mass is 16.4. The van der Waals surface area contributed by atoms with E-state index in [4.69, 9.17) is 5.11 Å². The highest BCUT2D eigenvalue weighted by molar-refractivity contribution is 5.90. The number of carboxylic acid groups (broad SMARTS) is 1. The van der Waals surface area contributed by atoms with Crippen LogP contribution in [0.5, 0.6) is 5.75 Å². The summed E-state index contributed by atoms with van der Waals surface area (Å²) in [7, 11) is 1.60. The molecule has 5 heteroatoms. The lowest BCUT2D eigenvalue weighted by Gasteiger charge is -1.96. The van der Waals surface area contributed by atoms with Crippen molar-refractivity contribution in [1.29, 1.82) is 0 Å². The molecule has 0 unspecified atom stereocenters. The summed E-state index contributed by atoms with van der Waals surface area (Å²) in [4.78, 5) is 14.6. The summed E-state index contributed by atoms with van der Waals surface area (Å²) < 4.78 is 1.43. The Morgan fingerprint density at radius 3 is 2.86 bits per heavy atom. The van der Waals surface area contributed by atoms with Crippen molar-refractivity contribution in [1.82, 2.24) is 9.55 Å². The van der Waals surface area contributed by atoms with E-state index in [1.165, 1.54) is 16.7 Å². The largest absolute Gasteiger partial charge is 0.508 e. The molecule has 2 rings (SSSR count). The Balaban J connectivity index is 2.80. The number of phenols is 1. The van der Waals surface area contributed by atoms with Crippen molar-refractivity contribution in [3.05, 3.63) is 24.0 Å². The minimum atomic E-state index is -1.08. The normalized spacial score (nSPS) is 10.6. The molecule has 0 saturated carbocycles. The summed E-state index contributed by atoms with van der Waals surface area (Å²) in [5.74, 6) is -1.02. The van der Waals surface area contributed by atoms with Gasteiger partial charge in [0.05, 0.1) is 11.0 Å². The number of carboxylic acids is 1. The van der Waals surface area contributed by atoms with Crippen molar-refractivity contribution in [2.24, 2.45) is 7.05 Å². The molecule has 0 aliphatic carbocycles. The number of benzene rings is 1. The Hall–Kier alpha value is -2.04. The number of aromatic hydroxyl groups is 1. The number of fused-ring (bicyclic) bond motifs is 1. The quantitative estimate of drug-likeness (QED) is 0.706. The Bertz CT molecular complexity index is 516. The maximum absolute atomic E-state index is 10.7. The zero-order valence-corrected chi connectivity index (χ0v) is 7.43. The van der Waals surface area contributed by atoms with Gasteiger partial charge in [0.15, 0.2) is 0 Å². The topological polar surface area (TPSA) is 75.4 Å². The van der Waals surface area contributed by atoms with Crippen molar-refractivity contribution >= 4 is 17.0 Å². The van der Waals surface area contributed by atoms with Gasteiger partial charge in [-0.1, -0.05) is 0 Å². The molecule has 14 heavy (non-hydrogen) atoms. The van der Waals surface area contributed by atoms with Crippen LogP contribution in [-0.4, -0.2) is 25.7 Å². The molecule has 0 aliphatic rings. The van der Waals surface area contributed by atoms with E-state index in [0.29, 0.717) is 11.0 Å². The van der Waals surface area contributed by atoms with E-state index < -0.39 is 5.97 Å². The smallest absolute Gasteiger partial charge is 0.372 e. The van der Waals surface area contributed by atoms with Crippen LogP contribution in [0.25, 0.3) is 11.0 Å². The first-order chi connectivity index (χ1) is 6.59. The lowest BCUT2D eigenvalue weighted by Crippen LogP contribution is -2.05. The standard InChI is InChI=1S/C9H8N2O3/c1-11-7-4-5(12)2-3-6(7)10-8(11)9(13)14/h2-4,12H,1H3,(H,13,14). The zero-order chi connectivity index (χ0) is 10.3. The predicted molar refractivity (Wildman–Crippen MR) is 49.3 cm³/mol. The molecule has 0 aliphatic heterocycles. The van der Waals surface area contributed by atoms with Crippen LogP contribution >= 0.6 is 0 Å². The van der Waals surface area contributed by atoms with E-state index in [1.807, 2.05) is 0 Å². The molecule has 72 valence electrons. The Morgan fingerprint density at radius 2 is 2.21 bits per heavy atom. The zero-order valence-electron chi connectivity index (χ0n) is 7.43. The fourth-order valence-electron chi connectivity index (χ4n) is 1.37. The van der Waals surface area contributed by atoms with Gasteiger partial charge >= 0.3 is 5.97 Å². The molecule has 0 spiro atoms. The summed E-state index contributed by atoms with van der Waals surface area (Å²) in [6, 6.07) is 4.53. The molecule has 0 radical (unpaired) electrons. The van der Waals surface area contributed by atoms with Crippen LogP contribution < -0.4 is 0 Å². The number of aromatic nitrogens is 2. The van der Waals surface area contributed by atoms with E-state index in [9.17, 15) is 9.90 Å². The van der Waals surface area contributed by atoms with Crippen LogP contribution in [0, 0.1) is 0 Å². The molecule has 2 N–H and O–H groups in total. The van der Waals surface area contributed by atoms with Gasteiger partial charge in [-0.3, -0.25) is 0 Å². The minimum Gasteiger partial charge on any atom is -0.508 e. The van der Waals surface area contributed by atoms with E-state index in [-0.39, 0.29) is 11.6 Å². The van der Waals surface area contributed by atoms with Crippen LogP contribution in [-0.2, 0) is 7.05 Å². The third kappa shape index (κ3) is 1.10. The summed E-state index contributed by atoms with van der Waals surface area (Å²) >= 11 is 0. The molecule has 1 aromatic carbocycles. The third-order valence-corrected chi connectivity index (χ3v) is 2.06. The summed E-state index contributed by atoms with van der Waals surface area (Å²) in [5.41, 5.74) is 1.16. The third-order valence-electron chi connectivity index (χ3n) is 2.06. The molecule has 0 amide bonds. The number of rotatable bonds is 1. The highest BCUT2D eigenvalue weighted by Gasteiger charge is 2.13. The lowest BCUT2D eigenvalue weighted by atomic mass is 10.3. The van der Waals surface area contributed by atoms with Gasteiger partial charge in [0, 0.05) is 13.1 Å². The highest BCUT2D eigenvalue weighted by Crippen LogP contribution is 2.19. The lowest BCUT2D eigenvalue weighted by molar-refractivity contribution is 0.0680. The first-order valence-corrected chi connectivity index (χ1v) is 3.98. The second-order valence-electron chi connectivity index (χ2n) is 2.97. The molecule has 1 aromatic heterocycles. The molecular weight excluding hydrogens is 184 g/mol. The van der Waals surface area contributed by atoms with Crippen LogP contribution in [0.4, 0.5) is 0 Å². The second-order valence-corrected chi connectivity index (χ2v) is 2.97. The van der Waals surface area contributed by atoms with Gasteiger partial charge in [0.2, 0.25) is 5.82 Å². The number of hydrogen-bond donors (Lipinski definition) is 2. The van der Waals surface area contributed by atoms with Crippen LogP contribution in [0.2, 0.25) is 0 Å². The van der Waals surface area contributed by atoms with Gasteiger partial charge in [-0.25, -0.2) is 9.78 Å². The van der Waals surface area contributed by atoms with Crippen molar-refractivity contribution in [2.45, 2.75) is 0 Å². The molecule has 0 bridgehead atoms. The van der Waals surface area contributed by atoms with E-state index in [1.54, 1.807) is 13.1 Å². The monoisotopic (exact) mass is 192 g/mol. The molecule has 5 nitrogen and oxygen atoms in total. The summed E-state index contributed by atoms with van der Waals surface area (Å²) in [6.45, 7) is 0. The molecule has 1 heterocycles. The van der Waals surface area contributed by atoms with Gasteiger partial charge in [-0.2, -0.15) is 0 Å². The van der Waals surface area contributed by atoms with Crippen molar-refractivity contribution in [2.75, 3.05) is 0 Å². The van der Waals surface area contributed by atoms with Crippen LogP contribution in [0.1, 0.15) is 10.6 Å². The number of phenolic OH excluding ortho intramolecular Hbond substituents is 1. The molecule has 2 aromatic rings. The van der Waals surface area contributed by atoms with E-state index >= 15 is 0 Å². The second kappa shape index (κ2) is 2.73. The summed E-state index contributed by atoms with van der Waals surface area (Å²) in [6.07, 6.45) is 0. The van der Waals surface area contributed by atoms with Gasteiger partial charge in [-0.05, 0) is 12.1 Å². The van der Waals surface area contributed by atoms with E-state index in [2.05, 4.69) is 4.98 Å². The van der Waals surface area contributed by atoms with Gasteiger partial charge in [0.25, 0.3) is 0 Å². The Labute approximate surface area is 79.2 Å². The van der Waals surface area contributed by atoms with Crippen molar-refractivity contribution in [3.8, 4) is 5.75 Å². The number of carbonyl (C=O) groups is 1. The van der Waals surface area contributed by atoms with Crippen LogP contribution in [0.15, 0.2) is 18.2 Å². The van der Waals surface area contributed by atoms with Crippen molar-refractivity contribution in [3.63, 3.8) is 0 Å². The minimum absolute atomic E-state index is 0.0365. The number of nitrogens with zero attached hydrogens (tertiary/aromatic N) is 2. The van der Waals surface area contributed by atoms with Gasteiger partial charge in [0.1, 0.15) is 5.75 Å². The molecular formula is C9H8N2O3. The molecule has 0 atom stereocenters. The van der Waals surface area contributed by atoms with Crippen molar-refractivity contribution < 1.29 is 15.0 Å². The summed E-state index contributed by atoms with van der Waals surface area (Å²) in [5, 5.41) is 18.0. The maximum Gasteiger partial charge on any atom is 0.372 e. The Morgan fingerprint density at radius 1 is 1.50 bits per heavy atom. The average Bonchev–Trinajstić information content (AvgIpc) is 2.44. The molecule has 0 fully saturated rings. The number of aryl methyl sites for hydroxylation is 1. The fourth-order valence-corrected chi connectivity index (χ4v) is 1.37. The first-order valence-electron chi connectivity index (χ1n) is 3.98.